The fraction of sp³-hybridized carbons (Fsp3) is 0.636. The summed E-state index contributed by atoms with van der Waals surface area (Å²) < 4.78 is 11.8. The molecule has 2 heterocycles. The molecule has 7 heteroatoms. The highest BCUT2D eigenvalue weighted by Crippen LogP contribution is 2.34. The molecular weight excluding hydrogens is 370 g/mol. The average molecular weight is 402 g/mol. The highest BCUT2D eigenvalue weighted by molar-refractivity contribution is 5.82. The SMILES string of the molecule is CC1Oc2ccccc2OC1C(=O)N1CCC(NC(=O)NC2CCCCC2)CC1. The Balaban J connectivity index is 1.25. The van der Waals surface area contributed by atoms with Crippen molar-refractivity contribution in [1.82, 2.24) is 15.5 Å². The molecule has 2 unspecified atom stereocenters. The molecule has 2 atom stereocenters. The van der Waals surface area contributed by atoms with Gasteiger partial charge in [-0.3, -0.25) is 4.79 Å². The van der Waals surface area contributed by atoms with Gasteiger partial charge in [0.25, 0.3) is 5.91 Å². The second-order valence-corrected chi connectivity index (χ2v) is 8.36. The minimum absolute atomic E-state index is 0.0443. The van der Waals surface area contributed by atoms with Crippen molar-refractivity contribution in [3.8, 4) is 11.5 Å². The molecule has 1 aromatic carbocycles. The zero-order chi connectivity index (χ0) is 20.2. The third-order valence-corrected chi connectivity index (χ3v) is 6.17. The number of hydrogen-bond acceptors (Lipinski definition) is 4. The summed E-state index contributed by atoms with van der Waals surface area (Å²) in [5.74, 6) is 1.24. The van der Waals surface area contributed by atoms with Gasteiger partial charge >= 0.3 is 6.03 Å². The summed E-state index contributed by atoms with van der Waals surface area (Å²) in [7, 11) is 0. The number of ether oxygens (including phenoxy) is 2. The van der Waals surface area contributed by atoms with Crippen LogP contribution in [-0.2, 0) is 4.79 Å². The summed E-state index contributed by atoms with van der Waals surface area (Å²) in [5, 5.41) is 6.18. The van der Waals surface area contributed by atoms with Gasteiger partial charge in [-0.1, -0.05) is 31.4 Å². The number of nitrogens with zero attached hydrogens (tertiary/aromatic N) is 1. The lowest BCUT2D eigenvalue weighted by Crippen LogP contribution is -2.55. The Hall–Kier alpha value is -2.44. The highest BCUT2D eigenvalue weighted by Gasteiger charge is 2.38. The summed E-state index contributed by atoms with van der Waals surface area (Å²) in [4.78, 5) is 27.1. The average Bonchev–Trinajstić information content (AvgIpc) is 2.74. The number of benzene rings is 1. The number of hydrogen-bond donors (Lipinski definition) is 2. The lowest BCUT2D eigenvalue weighted by Gasteiger charge is -2.37. The Morgan fingerprint density at radius 2 is 1.48 bits per heavy atom. The molecule has 0 bridgehead atoms. The van der Waals surface area contributed by atoms with Gasteiger partial charge in [-0.2, -0.15) is 0 Å². The number of carbonyl (C=O) groups excluding carboxylic acids is 2. The summed E-state index contributed by atoms with van der Waals surface area (Å²) in [6.07, 6.45) is 6.34. The summed E-state index contributed by atoms with van der Waals surface area (Å²) >= 11 is 0. The van der Waals surface area contributed by atoms with E-state index >= 15 is 0 Å². The van der Waals surface area contributed by atoms with E-state index in [1.165, 1.54) is 19.3 Å². The Labute approximate surface area is 172 Å². The predicted octanol–water partition coefficient (Wildman–Crippen LogP) is 2.84. The maximum atomic E-state index is 13.0. The standard InChI is InChI=1S/C22H31N3O4/c1-15-20(29-19-10-6-5-9-18(19)28-15)21(26)25-13-11-17(12-14-25)24-22(27)23-16-7-3-2-4-8-16/h5-6,9-10,15-17,20H,2-4,7-8,11-14H2,1H3,(H2,23,24,27). The fourth-order valence-electron chi connectivity index (χ4n) is 4.47. The number of rotatable bonds is 3. The quantitative estimate of drug-likeness (QED) is 0.816. The molecule has 1 saturated heterocycles. The van der Waals surface area contributed by atoms with Crippen LogP contribution in [0.2, 0.25) is 0 Å². The maximum absolute atomic E-state index is 13.0. The van der Waals surface area contributed by atoms with E-state index in [1.54, 1.807) is 0 Å². The Kier molecular flexibility index (Phi) is 6.11. The first kappa shape index (κ1) is 19.9. The van der Waals surface area contributed by atoms with Crippen molar-refractivity contribution in [1.29, 1.82) is 0 Å². The first-order valence-electron chi connectivity index (χ1n) is 10.9. The molecule has 3 amide bonds. The van der Waals surface area contributed by atoms with Gasteiger partial charge in [0.15, 0.2) is 11.5 Å². The Morgan fingerprint density at radius 3 is 2.14 bits per heavy atom. The molecule has 4 rings (SSSR count). The van der Waals surface area contributed by atoms with Crippen molar-refractivity contribution in [2.45, 2.75) is 76.2 Å². The first-order chi connectivity index (χ1) is 14.1. The number of piperidine rings is 1. The fourth-order valence-corrected chi connectivity index (χ4v) is 4.47. The van der Waals surface area contributed by atoms with Crippen LogP contribution in [0.5, 0.6) is 11.5 Å². The molecule has 2 N–H and O–H groups in total. The van der Waals surface area contributed by atoms with E-state index in [2.05, 4.69) is 10.6 Å². The smallest absolute Gasteiger partial charge is 0.315 e. The minimum atomic E-state index is -0.635. The van der Waals surface area contributed by atoms with Gasteiger partial charge in [-0.05, 0) is 44.7 Å². The monoisotopic (exact) mass is 401 g/mol. The molecule has 1 saturated carbocycles. The molecule has 0 aromatic heterocycles. The lowest BCUT2D eigenvalue weighted by molar-refractivity contribution is -0.145. The molecule has 3 aliphatic rings. The number of amides is 3. The number of carbonyl (C=O) groups is 2. The second kappa shape index (κ2) is 8.93. The summed E-state index contributed by atoms with van der Waals surface area (Å²) in [6.45, 7) is 3.09. The molecule has 2 fully saturated rings. The molecule has 0 spiro atoms. The van der Waals surface area contributed by atoms with Crippen LogP contribution >= 0.6 is 0 Å². The number of likely N-dealkylation sites (tertiary alicyclic amines) is 1. The van der Waals surface area contributed by atoms with Crippen molar-refractivity contribution in [3.05, 3.63) is 24.3 Å². The van der Waals surface area contributed by atoms with E-state index in [4.69, 9.17) is 9.47 Å². The third-order valence-electron chi connectivity index (χ3n) is 6.17. The van der Waals surface area contributed by atoms with E-state index in [0.29, 0.717) is 30.6 Å². The predicted molar refractivity (Wildman–Crippen MR) is 109 cm³/mol. The first-order valence-corrected chi connectivity index (χ1v) is 10.9. The molecule has 7 nitrogen and oxygen atoms in total. The van der Waals surface area contributed by atoms with Crippen LogP contribution in [-0.4, -0.2) is 54.2 Å². The van der Waals surface area contributed by atoms with Crippen LogP contribution in [0.1, 0.15) is 51.9 Å². The molecule has 2 aliphatic heterocycles. The van der Waals surface area contributed by atoms with Crippen molar-refractivity contribution in [2.24, 2.45) is 0 Å². The van der Waals surface area contributed by atoms with E-state index < -0.39 is 6.10 Å². The summed E-state index contributed by atoms with van der Waals surface area (Å²) in [6, 6.07) is 7.76. The molecule has 1 aliphatic carbocycles. The number of nitrogens with one attached hydrogen (secondary N) is 2. The van der Waals surface area contributed by atoms with Gasteiger partial charge in [-0.15, -0.1) is 0 Å². The maximum Gasteiger partial charge on any atom is 0.315 e. The Bertz CT molecular complexity index is 727. The van der Waals surface area contributed by atoms with Crippen molar-refractivity contribution in [2.75, 3.05) is 13.1 Å². The molecular formula is C22H31N3O4. The number of para-hydroxylation sites is 2. The van der Waals surface area contributed by atoms with Crippen LogP contribution < -0.4 is 20.1 Å². The number of urea groups is 1. The molecule has 158 valence electrons. The van der Waals surface area contributed by atoms with Crippen LogP contribution in [0.25, 0.3) is 0 Å². The van der Waals surface area contributed by atoms with Gasteiger partial charge in [0.2, 0.25) is 6.10 Å². The normalized spacial score (nSPS) is 25.3. The van der Waals surface area contributed by atoms with Crippen LogP contribution in [0, 0.1) is 0 Å². The van der Waals surface area contributed by atoms with Crippen molar-refractivity contribution in [3.63, 3.8) is 0 Å². The van der Waals surface area contributed by atoms with E-state index in [-0.39, 0.29) is 24.1 Å². The zero-order valence-electron chi connectivity index (χ0n) is 17.1. The van der Waals surface area contributed by atoms with Crippen LogP contribution in [0.15, 0.2) is 24.3 Å². The van der Waals surface area contributed by atoms with Crippen molar-refractivity contribution < 1.29 is 19.1 Å². The lowest BCUT2D eigenvalue weighted by atomic mass is 9.96. The van der Waals surface area contributed by atoms with E-state index in [9.17, 15) is 9.59 Å². The molecule has 0 radical (unpaired) electrons. The van der Waals surface area contributed by atoms with Gasteiger partial charge in [0.05, 0.1) is 0 Å². The minimum Gasteiger partial charge on any atom is -0.482 e. The van der Waals surface area contributed by atoms with E-state index in [1.807, 2.05) is 36.1 Å². The zero-order valence-corrected chi connectivity index (χ0v) is 17.1. The highest BCUT2D eigenvalue weighted by atomic mass is 16.6. The third kappa shape index (κ3) is 4.77. The molecule has 29 heavy (non-hydrogen) atoms. The molecule has 1 aromatic rings. The van der Waals surface area contributed by atoms with Gasteiger partial charge in [0.1, 0.15) is 6.10 Å². The summed E-state index contributed by atoms with van der Waals surface area (Å²) in [5.41, 5.74) is 0. The Morgan fingerprint density at radius 1 is 0.897 bits per heavy atom. The van der Waals surface area contributed by atoms with Gasteiger partial charge < -0.3 is 25.0 Å². The van der Waals surface area contributed by atoms with Crippen LogP contribution in [0.3, 0.4) is 0 Å². The second-order valence-electron chi connectivity index (χ2n) is 8.36. The van der Waals surface area contributed by atoms with Gasteiger partial charge in [-0.25, -0.2) is 4.79 Å². The van der Waals surface area contributed by atoms with Crippen LogP contribution in [0.4, 0.5) is 4.79 Å². The van der Waals surface area contributed by atoms with E-state index in [0.717, 1.165) is 25.7 Å². The van der Waals surface area contributed by atoms with Gasteiger partial charge in [0, 0.05) is 25.2 Å². The topological polar surface area (TPSA) is 79.9 Å². The van der Waals surface area contributed by atoms with Crippen molar-refractivity contribution >= 4 is 11.9 Å². The largest absolute Gasteiger partial charge is 0.482 e. The number of fused-ring (bicyclic) bond motifs is 1.